The van der Waals surface area contributed by atoms with Gasteiger partial charge in [-0.3, -0.25) is 0 Å². The molecule has 17 heavy (non-hydrogen) atoms. The van der Waals surface area contributed by atoms with Crippen molar-refractivity contribution in [3.05, 3.63) is 53.6 Å². The van der Waals surface area contributed by atoms with Crippen LogP contribution in [-0.4, -0.2) is 16.1 Å². The summed E-state index contributed by atoms with van der Waals surface area (Å²) >= 11 is 0. The molecule has 1 aromatic heterocycles. The van der Waals surface area contributed by atoms with Crippen LogP contribution in [0.4, 0.5) is 0 Å². The molecule has 1 aromatic carbocycles. The molecule has 1 aliphatic carbocycles. The van der Waals surface area contributed by atoms with Crippen molar-refractivity contribution in [3.8, 4) is 0 Å². The molecule has 2 aromatic rings. The highest BCUT2D eigenvalue weighted by Crippen LogP contribution is 2.33. The molecule has 0 saturated heterocycles. The molecule has 1 unspecified atom stereocenters. The van der Waals surface area contributed by atoms with E-state index < -0.39 is 0 Å². The molecule has 0 spiro atoms. The topological polar surface area (TPSA) is 29.9 Å². The van der Waals surface area contributed by atoms with Crippen LogP contribution in [0.3, 0.4) is 0 Å². The van der Waals surface area contributed by atoms with Crippen LogP contribution in [0.2, 0.25) is 0 Å². The van der Waals surface area contributed by atoms with Crippen molar-refractivity contribution < 1.29 is 0 Å². The van der Waals surface area contributed by atoms with E-state index in [1.54, 1.807) is 0 Å². The Morgan fingerprint density at radius 3 is 3.06 bits per heavy atom. The number of hydrogen-bond donors (Lipinski definition) is 1. The number of aromatic nitrogens is 2. The molecule has 1 N–H and O–H groups in total. The smallest absolute Gasteiger partial charge is 0.0945 e. The highest BCUT2D eigenvalue weighted by molar-refractivity contribution is 5.40. The Bertz CT molecular complexity index is 516. The fourth-order valence-corrected chi connectivity index (χ4v) is 2.47. The molecule has 0 aliphatic heterocycles. The van der Waals surface area contributed by atoms with Crippen molar-refractivity contribution in [1.82, 2.24) is 14.9 Å². The number of nitrogens with zero attached hydrogens (tertiary/aromatic N) is 2. The number of hydrogen-bond acceptors (Lipinski definition) is 2. The molecule has 0 radical (unpaired) electrons. The minimum Gasteiger partial charge on any atom is -0.337 e. The van der Waals surface area contributed by atoms with Crippen LogP contribution in [-0.2, 0) is 20.0 Å². The van der Waals surface area contributed by atoms with Gasteiger partial charge in [0.1, 0.15) is 0 Å². The lowest BCUT2D eigenvalue weighted by Crippen LogP contribution is -2.29. The Morgan fingerprint density at radius 2 is 2.29 bits per heavy atom. The molecule has 88 valence electrons. The molecule has 1 heterocycles. The first-order chi connectivity index (χ1) is 8.34. The molecule has 0 amide bonds. The van der Waals surface area contributed by atoms with Gasteiger partial charge >= 0.3 is 0 Å². The van der Waals surface area contributed by atoms with Gasteiger partial charge in [0, 0.05) is 32.3 Å². The van der Waals surface area contributed by atoms with Gasteiger partial charge in [0.05, 0.1) is 12.0 Å². The molecule has 3 nitrogen and oxygen atoms in total. The molecular formula is C14H17N3. The average molecular weight is 227 g/mol. The molecule has 1 atom stereocenters. The third-order valence-corrected chi connectivity index (χ3v) is 3.57. The van der Waals surface area contributed by atoms with Gasteiger partial charge in [0.15, 0.2) is 0 Å². The van der Waals surface area contributed by atoms with E-state index in [0.717, 1.165) is 13.1 Å². The number of nitrogens with one attached hydrogen (secondary N) is 1. The summed E-state index contributed by atoms with van der Waals surface area (Å²) in [6.45, 7) is 1.96. The zero-order valence-corrected chi connectivity index (χ0v) is 10.1. The fraction of sp³-hybridized carbons (Fsp3) is 0.357. The molecular weight excluding hydrogens is 210 g/mol. The maximum absolute atomic E-state index is 4.11. The molecule has 0 saturated carbocycles. The van der Waals surface area contributed by atoms with Gasteiger partial charge in [-0.25, -0.2) is 4.98 Å². The first-order valence-corrected chi connectivity index (χ1v) is 6.08. The Hall–Kier alpha value is -1.61. The van der Waals surface area contributed by atoms with E-state index in [0.29, 0.717) is 5.92 Å². The van der Waals surface area contributed by atoms with Crippen molar-refractivity contribution in [2.75, 3.05) is 6.54 Å². The van der Waals surface area contributed by atoms with Crippen LogP contribution >= 0.6 is 0 Å². The molecule has 3 rings (SSSR count). The summed E-state index contributed by atoms with van der Waals surface area (Å²) in [6.07, 6.45) is 4.98. The highest BCUT2D eigenvalue weighted by Gasteiger charge is 2.24. The lowest BCUT2D eigenvalue weighted by molar-refractivity contribution is 0.528. The summed E-state index contributed by atoms with van der Waals surface area (Å²) in [5.41, 5.74) is 4.27. The first-order valence-electron chi connectivity index (χ1n) is 6.08. The van der Waals surface area contributed by atoms with Gasteiger partial charge in [0.2, 0.25) is 0 Å². The predicted octanol–water partition coefficient (Wildman–Crippen LogP) is 1.85. The van der Waals surface area contributed by atoms with Crippen LogP contribution in [0.15, 0.2) is 36.8 Å². The second kappa shape index (κ2) is 4.34. The van der Waals surface area contributed by atoms with Gasteiger partial charge < -0.3 is 9.88 Å². The molecule has 1 aliphatic rings. The quantitative estimate of drug-likeness (QED) is 0.864. The Kier molecular flexibility index (Phi) is 2.69. The van der Waals surface area contributed by atoms with Crippen LogP contribution in [0.5, 0.6) is 0 Å². The van der Waals surface area contributed by atoms with Crippen molar-refractivity contribution in [2.24, 2.45) is 7.05 Å². The molecule has 0 fully saturated rings. The minimum absolute atomic E-state index is 0.694. The zero-order chi connectivity index (χ0) is 11.7. The second-order valence-electron chi connectivity index (χ2n) is 4.73. The fourth-order valence-electron chi connectivity index (χ4n) is 2.47. The number of imidazole rings is 1. The normalized spacial score (nSPS) is 17.6. The van der Waals surface area contributed by atoms with Gasteiger partial charge in [-0.05, 0) is 17.5 Å². The lowest BCUT2D eigenvalue weighted by atomic mass is 9.77. The third kappa shape index (κ3) is 1.98. The summed E-state index contributed by atoms with van der Waals surface area (Å²) in [5, 5.41) is 3.51. The molecule has 3 heteroatoms. The summed E-state index contributed by atoms with van der Waals surface area (Å²) in [5.74, 6) is 0.694. The Morgan fingerprint density at radius 1 is 1.41 bits per heavy atom. The van der Waals surface area contributed by atoms with Crippen LogP contribution in [0.1, 0.15) is 22.7 Å². The number of fused-ring (bicyclic) bond motifs is 1. The SMILES string of the molecule is Cn1cncc1CNCC1Cc2ccccc21. The standard InChI is InChI=1S/C14H17N3/c1-17-10-16-9-13(17)8-15-7-12-6-11-4-2-3-5-14(11)12/h2-5,9-10,12,15H,6-8H2,1H3. The van der Waals surface area contributed by atoms with Crippen LogP contribution in [0.25, 0.3) is 0 Å². The lowest BCUT2D eigenvalue weighted by Gasteiger charge is -2.30. The van der Waals surface area contributed by atoms with Crippen LogP contribution in [0, 0.1) is 0 Å². The first kappa shape index (κ1) is 10.5. The van der Waals surface area contributed by atoms with Crippen molar-refractivity contribution in [1.29, 1.82) is 0 Å². The van der Waals surface area contributed by atoms with E-state index in [1.165, 1.54) is 23.2 Å². The van der Waals surface area contributed by atoms with Crippen molar-refractivity contribution >= 4 is 0 Å². The van der Waals surface area contributed by atoms with Crippen molar-refractivity contribution in [3.63, 3.8) is 0 Å². The largest absolute Gasteiger partial charge is 0.337 e. The molecule has 0 bridgehead atoms. The zero-order valence-electron chi connectivity index (χ0n) is 10.1. The predicted molar refractivity (Wildman–Crippen MR) is 67.8 cm³/mol. The third-order valence-electron chi connectivity index (χ3n) is 3.57. The average Bonchev–Trinajstić information content (AvgIpc) is 2.71. The monoisotopic (exact) mass is 227 g/mol. The summed E-state index contributed by atoms with van der Waals surface area (Å²) < 4.78 is 2.06. The number of aryl methyl sites for hydroxylation is 1. The van der Waals surface area contributed by atoms with E-state index in [-0.39, 0.29) is 0 Å². The Balaban J connectivity index is 1.53. The van der Waals surface area contributed by atoms with Crippen molar-refractivity contribution in [2.45, 2.75) is 18.9 Å². The maximum atomic E-state index is 4.11. The summed E-state index contributed by atoms with van der Waals surface area (Å²) in [6, 6.07) is 8.73. The van der Waals surface area contributed by atoms with Crippen LogP contribution < -0.4 is 5.32 Å². The summed E-state index contributed by atoms with van der Waals surface area (Å²) in [4.78, 5) is 4.11. The van der Waals surface area contributed by atoms with Gasteiger partial charge in [-0.15, -0.1) is 0 Å². The van der Waals surface area contributed by atoms with Gasteiger partial charge in [-0.2, -0.15) is 0 Å². The highest BCUT2D eigenvalue weighted by atomic mass is 15.0. The van der Waals surface area contributed by atoms with E-state index in [9.17, 15) is 0 Å². The summed E-state index contributed by atoms with van der Waals surface area (Å²) in [7, 11) is 2.03. The Labute approximate surface area is 101 Å². The number of rotatable bonds is 4. The van der Waals surface area contributed by atoms with E-state index in [4.69, 9.17) is 0 Å². The minimum atomic E-state index is 0.694. The maximum Gasteiger partial charge on any atom is 0.0945 e. The second-order valence-corrected chi connectivity index (χ2v) is 4.73. The van der Waals surface area contributed by atoms with Gasteiger partial charge in [-0.1, -0.05) is 24.3 Å². The van der Waals surface area contributed by atoms with E-state index >= 15 is 0 Å². The van der Waals surface area contributed by atoms with E-state index in [2.05, 4.69) is 39.1 Å². The number of benzene rings is 1. The van der Waals surface area contributed by atoms with Gasteiger partial charge in [0.25, 0.3) is 0 Å². The van der Waals surface area contributed by atoms with E-state index in [1.807, 2.05) is 19.6 Å².